The van der Waals surface area contributed by atoms with E-state index in [1.54, 1.807) is 0 Å². The topological polar surface area (TPSA) is 35.5 Å². The van der Waals surface area contributed by atoms with Gasteiger partial charge in [0.05, 0.1) is 6.61 Å². The van der Waals surface area contributed by atoms with Gasteiger partial charge in [-0.15, -0.1) is 0 Å². The molecule has 0 spiro atoms. The minimum atomic E-state index is -1.75. The number of carbonyl (C=O) groups excluding carboxylic acids is 1. The Labute approximate surface area is 209 Å². The van der Waals surface area contributed by atoms with Gasteiger partial charge >= 0.3 is 5.97 Å². The zero-order valence-corrected chi connectivity index (χ0v) is 20.6. The van der Waals surface area contributed by atoms with Gasteiger partial charge in [0, 0.05) is 24.3 Å². The van der Waals surface area contributed by atoms with Crippen molar-refractivity contribution in [2.45, 2.75) is 77.6 Å². The first-order valence-electron chi connectivity index (χ1n) is 12.8. The Morgan fingerprint density at radius 1 is 0.750 bits per heavy atom. The average molecular weight is 513 g/mol. The minimum Gasteiger partial charge on any atom is -0.493 e. The highest BCUT2D eigenvalue weighted by Crippen LogP contribution is 2.33. The van der Waals surface area contributed by atoms with Crippen molar-refractivity contribution < 1.29 is 36.2 Å². The molecule has 0 aliphatic heterocycles. The Kier molecular flexibility index (Phi) is 10.6. The van der Waals surface area contributed by atoms with Crippen LogP contribution < -0.4 is 9.47 Å². The molecule has 0 aromatic heterocycles. The van der Waals surface area contributed by atoms with Crippen LogP contribution in [0, 0.1) is 40.9 Å². The largest absolute Gasteiger partial charge is 0.493 e. The fraction of sp³-hybridized carbons (Fsp3) is 0.536. The molecule has 0 saturated heterocycles. The summed E-state index contributed by atoms with van der Waals surface area (Å²) in [6.45, 7) is 2.53. The molecule has 1 aliphatic carbocycles. The first-order chi connectivity index (χ1) is 17.3. The van der Waals surface area contributed by atoms with Crippen molar-refractivity contribution in [3.8, 4) is 11.5 Å². The van der Waals surface area contributed by atoms with E-state index in [-0.39, 0.29) is 5.75 Å². The summed E-state index contributed by atoms with van der Waals surface area (Å²) < 4.78 is 78.9. The van der Waals surface area contributed by atoms with E-state index in [1.807, 2.05) is 0 Å². The van der Waals surface area contributed by atoms with Crippen LogP contribution in [0.25, 0.3) is 0 Å². The van der Waals surface area contributed by atoms with E-state index in [2.05, 4.69) is 11.7 Å². The Morgan fingerprint density at radius 3 is 1.89 bits per heavy atom. The van der Waals surface area contributed by atoms with Crippen molar-refractivity contribution in [1.29, 1.82) is 0 Å². The normalized spacial score (nSPS) is 17.7. The lowest BCUT2D eigenvalue weighted by molar-refractivity contribution is 0.0723. The molecular formula is C28H33F5O3. The van der Waals surface area contributed by atoms with Gasteiger partial charge in [0.25, 0.3) is 0 Å². The number of carbonyl (C=O) groups is 1. The fourth-order valence-corrected chi connectivity index (χ4v) is 4.69. The van der Waals surface area contributed by atoms with E-state index in [4.69, 9.17) is 4.74 Å². The van der Waals surface area contributed by atoms with Gasteiger partial charge in [-0.3, -0.25) is 0 Å². The molecule has 0 atom stereocenters. The molecule has 2 aromatic rings. The summed E-state index contributed by atoms with van der Waals surface area (Å²) in [5, 5.41) is 0. The molecule has 2 aromatic carbocycles. The molecule has 0 radical (unpaired) electrons. The first-order valence-corrected chi connectivity index (χ1v) is 12.8. The summed E-state index contributed by atoms with van der Waals surface area (Å²) in [4.78, 5) is 12.2. The number of ether oxygens (including phenoxy) is 2. The second-order valence-corrected chi connectivity index (χ2v) is 9.61. The predicted molar refractivity (Wildman–Crippen MR) is 127 cm³/mol. The quantitative estimate of drug-likeness (QED) is 0.0940. The number of benzene rings is 2. The van der Waals surface area contributed by atoms with Crippen molar-refractivity contribution in [2.24, 2.45) is 11.8 Å². The van der Waals surface area contributed by atoms with E-state index in [1.165, 1.54) is 44.9 Å². The molecule has 36 heavy (non-hydrogen) atoms. The third kappa shape index (κ3) is 7.93. The molecular weight excluding hydrogens is 479 g/mol. The van der Waals surface area contributed by atoms with Crippen molar-refractivity contribution in [2.75, 3.05) is 6.61 Å². The smallest absolute Gasteiger partial charge is 0.349 e. The predicted octanol–water partition coefficient (Wildman–Crippen LogP) is 8.54. The maximum atomic E-state index is 14.5. The van der Waals surface area contributed by atoms with Crippen LogP contribution in [0.3, 0.4) is 0 Å². The van der Waals surface area contributed by atoms with Crippen LogP contribution in [0.15, 0.2) is 24.3 Å². The molecule has 1 saturated carbocycles. The van der Waals surface area contributed by atoms with Crippen LogP contribution in [-0.2, 0) is 0 Å². The summed E-state index contributed by atoms with van der Waals surface area (Å²) in [5.74, 6) is -8.68. The lowest BCUT2D eigenvalue weighted by Gasteiger charge is -2.28. The van der Waals surface area contributed by atoms with Crippen molar-refractivity contribution in [1.82, 2.24) is 0 Å². The van der Waals surface area contributed by atoms with Crippen LogP contribution in [-0.4, -0.2) is 12.6 Å². The van der Waals surface area contributed by atoms with Gasteiger partial charge < -0.3 is 9.47 Å². The lowest BCUT2D eigenvalue weighted by Crippen LogP contribution is -2.20. The number of hydrogen-bond donors (Lipinski definition) is 0. The van der Waals surface area contributed by atoms with E-state index >= 15 is 0 Å². The molecule has 0 unspecified atom stereocenters. The van der Waals surface area contributed by atoms with Gasteiger partial charge in [0.2, 0.25) is 0 Å². The number of hydrogen-bond acceptors (Lipinski definition) is 3. The van der Waals surface area contributed by atoms with Crippen molar-refractivity contribution in [3.63, 3.8) is 0 Å². The van der Waals surface area contributed by atoms with Crippen LogP contribution >= 0.6 is 0 Å². The van der Waals surface area contributed by atoms with Gasteiger partial charge in [-0.05, 0) is 24.7 Å². The Balaban J connectivity index is 1.47. The highest BCUT2D eigenvalue weighted by atomic mass is 19.2. The third-order valence-electron chi connectivity index (χ3n) is 6.81. The summed E-state index contributed by atoms with van der Waals surface area (Å²) >= 11 is 0. The molecule has 0 amide bonds. The second kappa shape index (κ2) is 13.6. The lowest BCUT2D eigenvalue weighted by atomic mass is 9.80. The molecule has 8 heteroatoms. The highest BCUT2D eigenvalue weighted by molar-refractivity contribution is 5.91. The van der Waals surface area contributed by atoms with E-state index in [9.17, 15) is 26.7 Å². The number of halogens is 5. The molecule has 3 rings (SSSR count). The van der Waals surface area contributed by atoms with Gasteiger partial charge in [0.1, 0.15) is 28.7 Å². The second-order valence-electron chi connectivity index (χ2n) is 9.61. The standard InChI is InChI=1S/C28H33F5O3/c1-2-3-4-5-6-7-8-18-9-11-19(12-10-18)17-35-20-13-22(29)26(23(30)14-20)28(34)36-21-15-24(31)27(33)25(32)16-21/h13-16,18-19H,2-12,17H2,1H3/t18-,19-. The maximum Gasteiger partial charge on any atom is 0.349 e. The van der Waals surface area contributed by atoms with Crippen molar-refractivity contribution >= 4 is 5.97 Å². The maximum absolute atomic E-state index is 14.5. The van der Waals surface area contributed by atoms with E-state index in [0.29, 0.717) is 24.7 Å². The molecule has 198 valence electrons. The SMILES string of the molecule is CCCCCCCC[C@H]1CC[C@H](COc2cc(F)c(C(=O)Oc3cc(F)c(F)c(F)c3)c(F)c2)CC1. The minimum absolute atomic E-state index is 0.0605. The van der Waals surface area contributed by atoms with E-state index in [0.717, 1.165) is 43.7 Å². The summed E-state index contributed by atoms with van der Waals surface area (Å²) in [5.41, 5.74) is -1.04. The molecule has 0 bridgehead atoms. The van der Waals surface area contributed by atoms with Gasteiger partial charge in [0.15, 0.2) is 17.5 Å². The monoisotopic (exact) mass is 512 g/mol. The van der Waals surface area contributed by atoms with E-state index < -0.39 is 46.4 Å². The molecule has 3 nitrogen and oxygen atoms in total. The van der Waals surface area contributed by atoms with Crippen LogP contribution in [0.2, 0.25) is 0 Å². The summed E-state index contributed by atoms with van der Waals surface area (Å²) in [6.07, 6.45) is 13.3. The van der Waals surface area contributed by atoms with Crippen LogP contribution in [0.1, 0.15) is 87.9 Å². The number of esters is 1. The van der Waals surface area contributed by atoms with Crippen molar-refractivity contribution in [3.05, 3.63) is 58.9 Å². The number of rotatable bonds is 12. The summed E-state index contributed by atoms with van der Waals surface area (Å²) in [7, 11) is 0. The molecule has 0 heterocycles. The average Bonchev–Trinajstić information content (AvgIpc) is 2.83. The van der Waals surface area contributed by atoms with Gasteiger partial charge in [-0.2, -0.15) is 0 Å². The molecule has 1 fully saturated rings. The fourth-order valence-electron chi connectivity index (χ4n) is 4.69. The summed E-state index contributed by atoms with van der Waals surface area (Å²) in [6, 6.07) is 2.56. The zero-order chi connectivity index (χ0) is 26.1. The number of unbranched alkanes of at least 4 members (excludes halogenated alkanes) is 5. The zero-order valence-electron chi connectivity index (χ0n) is 20.6. The molecule has 0 N–H and O–H groups in total. The van der Waals surface area contributed by atoms with Gasteiger partial charge in [-0.1, -0.05) is 64.7 Å². The Hall–Kier alpha value is -2.64. The Bertz CT molecular complexity index is 972. The molecule has 1 aliphatic rings. The van der Waals surface area contributed by atoms with Gasteiger partial charge in [-0.25, -0.2) is 26.7 Å². The first kappa shape index (κ1) is 27.9. The Morgan fingerprint density at radius 2 is 1.28 bits per heavy atom. The van der Waals surface area contributed by atoms with Crippen LogP contribution in [0.5, 0.6) is 11.5 Å². The third-order valence-corrected chi connectivity index (χ3v) is 6.81. The highest BCUT2D eigenvalue weighted by Gasteiger charge is 2.24. The van der Waals surface area contributed by atoms with Crippen LogP contribution in [0.4, 0.5) is 22.0 Å².